The molecule has 0 aliphatic carbocycles. The Morgan fingerprint density at radius 2 is 1.85 bits per heavy atom. The van der Waals surface area contributed by atoms with Crippen LogP contribution in [0, 0.1) is 0 Å². The molecule has 0 spiro atoms. The van der Waals surface area contributed by atoms with Crippen molar-refractivity contribution in [3.63, 3.8) is 0 Å². The van der Waals surface area contributed by atoms with E-state index in [1.54, 1.807) is 30.5 Å². The van der Waals surface area contributed by atoms with Crippen molar-refractivity contribution >= 4 is 49.4 Å². The molecule has 2 heterocycles. The highest BCUT2D eigenvalue weighted by atomic mass is 32.2. The molecular weight excluding hydrogens is 366 g/mol. The summed E-state index contributed by atoms with van der Waals surface area (Å²) < 4.78 is 25.1. The number of H-pyrrole nitrogens is 1. The van der Waals surface area contributed by atoms with Gasteiger partial charge in [-0.15, -0.1) is 0 Å². The number of benzene rings is 2. The summed E-state index contributed by atoms with van der Waals surface area (Å²) in [6.07, 6.45) is 2.72. The fourth-order valence-corrected chi connectivity index (χ4v) is 3.28. The van der Waals surface area contributed by atoms with Crippen molar-refractivity contribution in [1.82, 2.24) is 15.0 Å². The lowest BCUT2D eigenvalue weighted by atomic mass is 10.1. The van der Waals surface area contributed by atoms with Gasteiger partial charge in [0.15, 0.2) is 0 Å². The third-order valence-electron chi connectivity index (χ3n) is 3.88. The van der Waals surface area contributed by atoms with Crippen LogP contribution in [0.4, 0.5) is 11.6 Å². The van der Waals surface area contributed by atoms with Crippen molar-refractivity contribution in [1.29, 1.82) is 0 Å². The lowest BCUT2D eigenvalue weighted by Gasteiger charge is -2.03. The summed E-state index contributed by atoms with van der Waals surface area (Å²) in [6, 6.07) is 14.2. The normalized spacial score (nSPS) is 11.6. The predicted molar refractivity (Wildman–Crippen MR) is 104 cm³/mol. The average Bonchev–Trinajstić information content (AvgIpc) is 3.01. The first kappa shape index (κ1) is 17.0. The number of amides is 1. The van der Waals surface area contributed by atoms with Crippen molar-refractivity contribution in [2.24, 2.45) is 0 Å². The average molecular weight is 381 g/mol. The zero-order chi connectivity index (χ0) is 19.0. The number of fused-ring (bicyclic) bond motifs is 2. The molecule has 0 saturated heterocycles. The van der Waals surface area contributed by atoms with E-state index < -0.39 is 15.9 Å². The summed E-state index contributed by atoms with van der Waals surface area (Å²) in [5.74, 6) is -0.143. The third kappa shape index (κ3) is 3.72. The number of aromatic amines is 1. The lowest BCUT2D eigenvalue weighted by molar-refractivity contribution is 0.102. The SMILES string of the molecule is CS(=O)(=O)Nc1ccc2[nH]c(NC(=O)c3cc4ccccc4cn3)nc2c1. The number of carbonyl (C=O) groups excluding carboxylic acids is 1. The number of pyridine rings is 1. The third-order valence-corrected chi connectivity index (χ3v) is 4.49. The monoisotopic (exact) mass is 381 g/mol. The number of carbonyl (C=O) groups is 1. The number of sulfonamides is 1. The zero-order valence-electron chi connectivity index (χ0n) is 14.2. The van der Waals surface area contributed by atoms with Crippen LogP contribution in [0.1, 0.15) is 10.5 Å². The summed E-state index contributed by atoms with van der Waals surface area (Å²) in [4.78, 5) is 23.9. The predicted octanol–water partition coefficient (Wildman–Crippen LogP) is 2.73. The van der Waals surface area contributed by atoms with E-state index in [9.17, 15) is 13.2 Å². The Morgan fingerprint density at radius 3 is 2.63 bits per heavy atom. The molecular formula is C18H15N5O3S. The van der Waals surface area contributed by atoms with E-state index in [0.29, 0.717) is 16.7 Å². The van der Waals surface area contributed by atoms with E-state index in [2.05, 4.69) is 25.0 Å². The van der Waals surface area contributed by atoms with Crippen LogP contribution in [0.3, 0.4) is 0 Å². The van der Waals surface area contributed by atoms with Gasteiger partial charge in [-0.1, -0.05) is 24.3 Å². The van der Waals surface area contributed by atoms with Gasteiger partial charge in [-0.3, -0.25) is 19.8 Å². The maximum atomic E-state index is 12.5. The summed E-state index contributed by atoms with van der Waals surface area (Å²) in [5.41, 5.74) is 1.85. The molecule has 136 valence electrons. The van der Waals surface area contributed by atoms with Gasteiger partial charge in [-0.25, -0.2) is 13.4 Å². The second-order valence-electron chi connectivity index (χ2n) is 6.06. The first-order valence-corrected chi connectivity index (χ1v) is 9.90. The van der Waals surface area contributed by atoms with E-state index in [1.807, 2.05) is 24.3 Å². The number of aromatic nitrogens is 3. The van der Waals surface area contributed by atoms with Crippen LogP contribution in [0.25, 0.3) is 21.8 Å². The Kier molecular flexibility index (Phi) is 4.00. The lowest BCUT2D eigenvalue weighted by Crippen LogP contribution is -2.14. The minimum atomic E-state index is -3.38. The van der Waals surface area contributed by atoms with E-state index in [4.69, 9.17) is 0 Å². The Bertz CT molecular complexity index is 1280. The first-order chi connectivity index (χ1) is 12.9. The topological polar surface area (TPSA) is 117 Å². The second-order valence-corrected chi connectivity index (χ2v) is 7.81. The Balaban J connectivity index is 1.59. The molecule has 1 amide bonds. The molecule has 0 aliphatic rings. The van der Waals surface area contributed by atoms with Crippen LogP contribution < -0.4 is 10.0 Å². The molecule has 9 heteroatoms. The van der Waals surface area contributed by atoms with Gasteiger partial charge in [-0.05, 0) is 29.7 Å². The van der Waals surface area contributed by atoms with Gasteiger partial charge in [-0.2, -0.15) is 0 Å². The molecule has 4 rings (SSSR count). The molecule has 0 saturated carbocycles. The number of hydrogen-bond acceptors (Lipinski definition) is 5. The summed E-state index contributed by atoms with van der Waals surface area (Å²) in [7, 11) is -3.38. The maximum absolute atomic E-state index is 12.5. The largest absolute Gasteiger partial charge is 0.324 e. The molecule has 3 N–H and O–H groups in total. The van der Waals surface area contributed by atoms with E-state index in [-0.39, 0.29) is 11.6 Å². The van der Waals surface area contributed by atoms with Gasteiger partial charge in [0, 0.05) is 11.6 Å². The van der Waals surface area contributed by atoms with E-state index in [0.717, 1.165) is 17.0 Å². The van der Waals surface area contributed by atoms with Gasteiger partial charge in [0.05, 0.1) is 23.0 Å². The van der Waals surface area contributed by atoms with Crippen molar-refractivity contribution in [2.75, 3.05) is 16.3 Å². The van der Waals surface area contributed by atoms with Crippen LogP contribution >= 0.6 is 0 Å². The molecule has 0 radical (unpaired) electrons. The van der Waals surface area contributed by atoms with Crippen LogP contribution in [0.15, 0.2) is 54.7 Å². The van der Waals surface area contributed by atoms with E-state index >= 15 is 0 Å². The molecule has 0 aliphatic heterocycles. The van der Waals surface area contributed by atoms with Crippen LogP contribution in [-0.2, 0) is 10.0 Å². The molecule has 4 aromatic rings. The highest BCUT2D eigenvalue weighted by molar-refractivity contribution is 7.92. The number of rotatable bonds is 4. The molecule has 8 nitrogen and oxygen atoms in total. The fourth-order valence-electron chi connectivity index (χ4n) is 2.72. The van der Waals surface area contributed by atoms with Gasteiger partial charge < -0.3 is 4.98 Å². The van der Waals surface area contributed by atoms with Crippen LogP contribution in [-0.4, -0.2) is 35.5 Å². The molecule has 27 heavy (non-hydrogen) atoms. The van der Waals surface area contributed by atoms with Crippen molar-refractivity contribution in [3.05, 3.63) is 60.4 Å². The highest BCUT2D eigenvalue weighted by Gasteiger charge is 2.12. The summed E-state index contributed by atoms with van der Waals surface area (Å²) >= 11 is 0. The molecule has 2 aromatic heterocycles. The molecule has 0 atom stereocenters. The minimum Gasteiger partial charge on any atom is -0.324 e. The van der Waals surface area contributed by atoms with Crippen molar-refractivity contribution < 1.29 is 13.2 Å². The molecule has 0 bridgehead atoms. The summed E-state index contributed by atoms with van der Waals surface area (Å²) in [6.45, 7) is 0. The molecule has 0 fully saturated rings. The Hall–Kier alpha value is -3.46. The fraction of sp³-hybridized carbons (Fsp3) is 0.0556. The number of anilines is 2. The highest BCUT2D eigenvalue weighted by Crippen LogP contribution is 2.20. The minimum absolute atomic E-state index is 0.251. The first-order valence-electron chi connectivity index (χ1n) is 8.01. The Morgan fingerprint density at radius 1 is 1.07 bits per heavy atom. The van der Waals surface area contributed by atoms with Gasteiger partial charge in [0.2, 0.25) is 16.0 Å². The maximum Gasteiger partial charge on any atom is 0.276 e. The Labute approximate surface area is 154 Å². The molecule has 2 aromatic carbocycles. The van der Waals surface area contributed by atoms with Crippen molar-refractivity contribution in [3.8, 4) is 0 Å². The van der Waals surface area contributed by atoms with Gasteiger partial charge in [0.25, 0.3) is 5.91 Å². The van der Waals surface area contributed by atoms with Crippen LogP contribution in [0.2, 0.25) is 0 Å². The van der Waals surface area contributed by atoms with Gasteiger partial charge >= 0.3 is 0 Å². The van der Waals surface area contributed by atoms with Gasteiger partial charge in [0.1, 0.15) is 5.69 Å². The second kappa shape index (κ2) is 6.36. The quantitative estimate of drug-likeness (QED) is 0.502. The smallest absolute Gasteiger partial charge is 0.276 e. The molecule has 0 unspecified atom stereocenters. The van der Waals surface area contributed by atoms with E-state index in [1.165, 1.54) is 0 Å². The van der Waals surface area contributed by atoms with Crippen molar-refractivity contribution in [2.45, 2.75) is 0 Å². The number of nitrogens with zero attached hydrogens (tertiary/aromatic N) is 2. The zero-order valence-corrected chi connectivity index (χ0v) is 15.0. The van der Waals surface area contributed by atoms with Crippen LogP contribution in [0.5, 0.6) is 0 Å². The summed E-state index contributed by atoms with van der Waals surface area (Å²) in [5, 5.41) is 4.54. The number of imidazole rings is 1. The number of hydrogen-bond donors (Lipinski definition) is 3. The standard InChI is InChI=1S/C18H15N5O3S/c1-27(25,26)23-13-6-7-14-15(9-13)21-18(20-14)22-17(24)16-8-11-4-2-3-5-12(11)10-19-16/h2-10,23H,1H3,(H2,20,21,22,24). The number of nitrogens with one attached hydrogen (secondary N) is 3.